The molecule has 0 saturated carbocycles. The van der Waals surface area contributed by atoms with Crippen LogP contribution in [-0.4, -0.2) is 11.7 Å². The van der Waals surface area contributed by atoms with Crippen molar-refractivity contribution in [2.24, 2.45) is 0 Å². The monoisotopic (exact) mass is 437 g/mol. The predicted octanol–water partition coefficient (Wildman–Crippen LogP) is 6.90. The van der Waals surface area contributed by atoms with Crippen molar-refractivity contribution in [3.8, 4) is 0 Å². The highest BCUT2D eigenvalue weighted by molar-refractivity contribution is 6.19. The van der Waals surface area contributed by atoms with Crippen LogP contribution in [-0.2, 0) is 0 Å². The van der Waals surface area contributed by atoms with Crippen molar-refractivity contribution in [2.75, 3.05) is 5.32 Å². The molecule has 0 aliphatic carbocycles. The van der Waals surface area contributed by atoms with Gasteiger partial charge in [0, 0.05) is 21.9 Å². The largest absolute Gasteiger partial charge is 0.451 e. The molecule has 33 heavy (non-hydrogen) atoms. The molecule has 0 atom stereocenters. The first-order valence-electron chi connectivity index (χ1n) is 10.8. The van der Waals surface area contributed by atoms with Crippen molar-refractivity contribution >= 4 is 39.3 Å². The van der Waals surface area contributed by atoms with Crippen LogP contribution in [0.15, 0.2) is 69.5 Å². The molecule has 1 N–H and O–H groups in total. The van der Waals surface area contributed by atoms with Crippen LogP contribution < -0.4 is 5.32 Å². The summed E-state index contributed by atoms with van der Waals surface area (Å²) in [6, 6.07) is 18.5. The fourth-order valence-electron chi connectivity index (χ4n) is 4.03. The number of hydrogen-bond donors (Lipinski definition) is 1. The normalized spacial score (nSPS) is 11.3. The smallest absolute Gasteiger partial charge is 0.291 e. The summed E-state index contributed by atoms with van der Waals surface area (Å²) in [5, 5.41) is 4.45. The molecule has 0 bridgehead atoms. The van der Waals surface area contributed by atoms with E-state index < -0.39 is 5.91 Å². The van der Waals surface area contributed by atoms with Gasteiger partial charge in [-0.05, 0) is 63.1 Å². The molecule has 3 aromatic carbocycles. The molecule has 0 aliphatic heterocycles. The van der Waals surface area contributed by atoms with Gasteiger partial charge in [-0.25, -0.2) is 0 Å². The van der Waals surface area contributed by atoms with Gasteiger partial charge in [-0.15, -0.1) is 0 Å². The van der Waals surface area contributed by atoms with E-state index in [1.807, 2.05) is 70.2 Å². The highest BCUT2D eigenvalue weighted by Crippen LogP contribution is 2.34. The molecule has 5 nitrogen and oxygen atoms in total. The second kappa shape index (κ2) is 7.78. The number of fused-ring (bicyclic) bond motifs is 2. The summed E-state index contributed by atoms with van der Waals surface area (Å²) in [6.07, 6.45) is 0. The highest BCUT2D eigenvalue weighted by Gasteiger charge is 2.26. The van der Waals surface area contributed by atoms with E-state index in [0.29, 0.717) is 27.8 Å². The van der Waals surface area contributed by atoms with Crippen molar-refractivity contribution in [2.45, 2.75) is 27.7 Å². The van der Waals surface area contributed by atoms with Crippen molar-refractivity contribution in [3.63, 3.8) is 0 Å². The maximum atomic E-state index is 13.3. The first-order valence-corrected chi connectivity index (χ1v) is 10.8. The molecule has 2 heterocycles. The Bertz CT molecular complexity index is 1550. The Balaban J connectivity index is 1.59. The number of hydrogen-bond acceptors (Lipinski definition) is 4. The Labute approximate surface area is 191 Å². The molecule has 164 valence electrons. The summed E-state index contributed by atoms with van der Waals surface area (Å²) < 4.78 is 11.8. The number of amides is 1. The minimum atomic E-state index is -0.427. The van der Waals surface area contributed by atoms with Gasteiger partial charge in [0.15, 0.2) is 11.5 Å². The van der Waals surface area contributed by atoms with Crippen LogP contribution in [0.2, 0.25) is 0 Å². The van der Waals surface area contributed by atoms with E-state index >= 15 is 0 Å². The van der Waals surface area contributed by atoms with Crippen LogP contribution in [0.4, 0.5) is 5.69 Å². The summed E-state index contributed by atoms with van der Waals surface area (Å²) >= 11 is 0. The molecule has 5 aromatic rings. The zero-order valence-electron chi connectivity index (χ0n) is 18.9. The van der Waals surface area contributed by atoms with Crippen molar-refractivity contribution in [3.05, 3.63) is 100 Å². The van der Waals surface area contributed by atoms with E-state index in [0.717, 1.165) is 27.6 Å². The number of benzene rings is 3. The first-order chi connectivity index (χ1) is 15.8. The predicted molar refractivity (Wildman–Crippen MR) is 129 cm³/mol. The zero-order valence-corrected chi connectivity index (χ0v) is 18.9. The second-order valence-corrected chi connectivity index (χ2v) is 8.44. The number of nitrogens with one attached hydrogen (secondary N) is 1. The van der Waals surface area contributed by atoms with Gasteiger partial charge >= 0.3 is 0 Å². The third-order valence-electron chi connectivity index (χ3n) is 6.11. The first kappa shape index (κ1) is 20.8. The lowest BCUT2D eigenvalue weighted by Crippen LogP contribution is -2.14. The van der Waals surface area contributed by atoms with E-state index in [1.54, 1.807) is 18.2 Å². The molecule has 0 saturated heterocycles. The maximum absolute atomic E-state index is 13.3. The van der Waals surface area contributed by atoms with Crippen LogP contribution >= 0.6 is 0 Å². The van der Waals surface area contributed by atoms with Crippen molar-refractivity contribution < 1.29 is 18.4 Å². The minimum absolute atomic E-state index is 0.0915. The van der Waals surface area contributed by atoms with Crippen molar-refractivity contribution in [1.29, 1.82) is 0 Å². The highest BCUT2D eigenvalue weighted by atomic mass is 16.4. The average Bonchev–Trinajstić information content (AvgIpc) is 3.32. The van der Waals surface area contributed by atoms with Gasteiger partial charge in [0.25, 0.3) is 5.91 Å². The van der Waals surface area contributed by atoms with Crippen LogP contribution in [0.25, 0.3) is 21.9 Å². The fraction of sp³-hybridized carbons (Fsp3) is 0.143. The molecular formula is C28H23NO4. The molecule has 0 fully saturated rings. The Morgan fingerprint density at radius 3 is 2.15 bits per heavy atom. The SMILES string of the molecule is Cc1ccc(C(=O)c2oc3ccccc3c2NC(=O)c2oc3cc(C)c(C)cc3c2C)cc1. The molecule has 5 heteroatoms. The molecule has 0 unspecified atom stereocenters. The molecular weight excluding hydrogens is 414 g/mol. The quantitative estimate of drug-likeness (QED) is 0.311. The third kappa shape index (κ3) is 3.52. The Hall–Kier alpha value is -4.12. The fourth-order valence-corrected chi connectivity index (χ4v) is 4.03. The number of rotatable bonds is 4. The van der Waals surface area contributed by atoms with E-state index in [-0.39, 0.29) is 17.3 Å². The van der Waals surface area contributed by atoms with Gasteiger partial charge in [-0.1, -0.05) is 42.0 Å². The van der Waals surface area contributed by atoms with E-state index in [4.69, 9.17) is 8.83 Å². The summed E-state index contributed by atoms with van der Waals surface area (Å²) in [7, 11) is 0. The van der Waals surface area contributed by atoms with Crippen LogP contribution in [0.5, 0.6) is 0 Å². The molecule has 0 aliphatic rings. The number of furan rings is 2. The number of carbonyl (C=O) groups is 2. The van der Waals surface area contributed by atoms with E-state index in [9.17, 15) is 9.59 Å². The van der Waals surface area contributed by atoms with Crippen molar-refractivity contribution in [1.82, 2.24) is 0 Å². The van der Waals surface area contributed by atoms with Crippen LogP contribution in [0.1, 0.15) is 48.9 Å². The number of ketones is 1. The second-order valence-electron chi connectivity index (χ2n) is 8.44. The van der Waals surface area contributed by atoms with Gasteiger partial charge in [0.1, 0.15) is 11.2 Å². The summed E-state index contributed by atoms with van der Waals surface area (Å²) in [4.78, 5) is 26.6. The Kier molecular flexibility index (Phi) is 4.90. The standard InChI is InChI=1S/C28H23NO4/c1-15-9-11-19(12-10-15)25(30)27-24(20-7-5-6-8-22(20)32-27)29-28(31)26-18(4)21-13-16(2)17(3)14-23(21)33-26/h5-14H,1-4H3,(H,29,31). The number of para-hydroxylation sites is 1. The lowest BCUT2D eigenvalue weighted by Gasteiger charge is -2.05. The molecule has 2 aromatic heterocycles. The van der Waals surface area contributed by atoms with Gasteiger partial charge in [0.05, 0.1) is 5.69 Å². The molecule has 0 spiro atoms. The van der Waals surface area contributed by atoms with E-state index in [1.165, 1.54) is 0 Å². The number of anilines is 1. The van der Waals surface area contributed by atoms with Gasteiger partial charge in [-0.2, -0.15) is 0 Å². The maximum Gasteiger partial charge on any atom is 0.291 e. The summed E-state index contributed by atoms with van der Waals surface area (Å²) in [5.74, 6) is -0.416. The summed E-state index contributed by atoms with van der Waals surface area (Å²) in [6.45, 7) is 7.86. The minimum Gasteiger partial charge on any atom is -0.451 e. The van der Waals surface area contributed by atoms with Gasteiger partial charge in [-0.3, -0.25) is 9.59 Å². The van der Waals surface area contributed by atoms with Crippen LogP contribution in [0.3, 0.4) is 0 Å². The average molecular weight is 437 g/mol. The van der Waals surface area contributed by atoms with Crippen LogP contribution in [0, 0.1) is 27.7 Å². The Morgan fingerprint density at radius 1 is 0.727 bits per heavy atom. The number of carbonyl (C=O) groups excluding carboxylic acids is 2. The lowest BCUT2D eigenvalue weighted by molar-refractivity contribution is 0.0997. The van der Waals surface area contributed by atoms with Gasteiger partial charge in [0.2, 0.25) is 5.78 Å². The number of aryl methyl sites for hydroxylation is 4. The molecule has 1 amide bonds. The zero-order chi connectivity index (χ0) is 23.3. The third-order valence-corrected chi connectivity index (χ3v) is 6.11. The molecule has 5 rings (SSSR count). The molecule has 0 radical (unpaired) electrons. The summed E-state index contributed by atoms with van der Waals surface area (Å²) in [5.41, 5.74) is 6.04. The topological polar surface area (TPSA) is 72.5 Å². The Morgan fingerprint density at radius 2 is 1.39 bits per heavy atom. The van der Waals surface area contributed by atoms with Gasteiger partial charge < -0.3 is 14.2 Å². The van der Waals surface area contributed by atoms with E-state index in [2.05, 4.69) is 5.32 Å². The lowest BCUT2D eigenvalue weighted by atomic mass is 10.0.